The maximum absolute atomic E-state index is 12.3. The molecule has 8 heteroatoms. The molecule has 0 saturated carbocycles. The minimum Gasteiger partial charge on any atom is -0.326 e. The maximum atomic E-state index is 12.3. The van der Waals surface area contributed by atoms with Gasteiger partial charge in [-0.2, -0.15) is 0 Å². The highest BCUT2D eigenvalue weighted by Crippen LogP contribution is 2.26. The van der Waals surface area contributed by atoms with Crippen LogP contribution in [0.4, 0.5) is 11.4 Å². The highest BCUT2D eigenvalue weighted by molar-refractivity contribution is 7.90. The third-order valence-electron chi connectivity index (χ3n) is 3.06. The summed E-state index contributed by atoms with van der Waals surface area (Å²) in [6, 6.07) is 10.4. The Labute approximate surface area is 144 Å². The van der Waals surface area contributed by atoms with Gasteiger partial charge in [-0.1, -0.05) is 17.7 Å². The molecule has 24 heavy (non-hydrogen) atoms. The zero-order valence-corrected chi connectivity index (χ0v) is 14.5. The zero-order chi connectivity index (χ0) is 17.9. The number of rotatable bonds is 4. The molecule has 0 aliphatic rings. The molecule has 0 fully saturated rings. The third kappa shape index (κ3) is 4.56. The Morgan fingerprint density at radius 1 is 1.04 bits per heavy atom. The standard InChI is InChI=1S/C16H15ClN2O4S/c1-10(20)18-12-6-7-15(14(17)9-12)19-16(21)11-4-3-5-13(8-11)24(2,22)23/h3-9H,1-2H3,(H,18,20)(H,19,21). The Bertz CT molecular complexity index is 910. The van der Waals surface area contributed by atoms with Gasteiger partial charge < -0.3 is 10.6 Å². The Balaban J connectivity index is 2.22. The summed E-state index contributed by atoms with van der Waals surface area (Å²) >= 11 is 6.09. The van der Waals surface area contributed by atoms with Crippen LogP contribution in [-0.4, -0.2) is 26.5 Å². The van der Waals surface area contributed by atoms with Crippen LogP contribution in [0.3, 0.4) is 0 Å². The molecule has 0 bridgehead atoms. The van der Waals surface area contributed by atoms with Crippen molar-refractivity contribution in [3.05, 3.63) is 53.1 Å². The zero-order valence-electron chi connectivity index (χ0n) is 13.0. The molecule has 2 N–H and O–H groups in total. The van der Waals surface area contributed by atoms with E-state index in [0.717, 1.165) is 6.26 Å². The van der Waals surface area contributed by atoms with Gasteiger partial charge in [0.15, 0.2) is 9.84 Å². The predicted molar refractivity (Wildman–Crippen MR) is 93.3 cm³/mol. The number of anilines is 2. The lowest BCUT2D eigenvalue weighted by molar-refractivity contribution is -0.114. The van der Waals surface area contributed by atoms with E-state index in [0.29, 0.717) is 11.4 Å². The average Bonchev–Trinajstić information content (AvgIpc) is 2.48. The van der Waals surface area contributed by atoms with Crippen molar-refractivity contribution in [1.29, 1.82) is 0 Å². The third-order valence-corrected chi connectivity index (χ3v) is 4.48. The number of nitrogens with one attached hydrogen (secondary N) is 2. The smallest absolute Gasteiger partial charge is 0.255 e. The number of benzene rings is 2. The van der Waals surface area contributed by atoms with Gasteiger partial charge >= 0.3 is 0 Å². The number of hydrogen-bond acceptors (Lipinski definition) is 4. The Morgan fingerprint density at radius 3 is 2.33 bits per heavy atom. The summed E-state index contributed by atoms with van der Waals surface area (Å²) in [7, 11) is -3.40. The average molecular weight is 367 g/mol. The van der Waals surface area contributed by atoms with Crippen LogP contribution in [0.2, 0.25) is 5.02 Å². The molecule has 0 unspecified atom stereocenters. The van der Waals surface area contributed by atoms with E-state index in [4.69, 9.17) is 11.6 Å². The first-order chi connectivity index (χ1) is 11.2. The van der Waals surface area contributed by atoms with E-state index >= 15 is 0 Å². The fraction of sp³-hybridized carbons (Fsp3) is 0.125. The minimum absolute atomic E-state index is 0.0576. The highest BCUT2D eigenvalue weighted by Gasteiger charge is 2.13. The van der Waals surface area contributed by atoms with Crippen molar-refractivity contribution in [2.75, 3.05) is 16.9 Å². The van der Waals surface area contributed by atoms with Crippen molar-refractivity contribution in [3.8, 4) is 0 Å². The second-order valence-corrected chi connectivity index (χ2v) is 7.55. The Morgan fingerprint density at radius 2 is 1.75 bits per heavy atom. The van der Waals surface area contributed by atoms with Gasteiger partial charge in [0.05, 0.1) is 15.6 Å². The van der Waals surface area contributed by atoms with Crippen molar-refractivity contribution >= 4 is 44.6 Å². The summed E-state index contributed by atoms with van der Waals surface area (Å²) in [5.41, 5.74) is 1.05. The minimum atomic E-state index is -3.40. The molecule has 0 heterocycles. The topological polar surface area (TPSA) is 92.3 Å². The molecular formula is C16H15ClN2O4S. The van der Waals surface area contributed by atoms with E-state index in [2.05, 4.69) is 10.6 Å². The first kappa shape index (κ1) is 18.0. The Hall–Kier alpha value is -2.38. The van der Waals surface area contributed by atoms with Crippen molar-refractivity contribution in [2.45, 2.75) is 11.8 Å². The molecule has 2 amide bonds. The molecule has 0 atom stereocenters. The lowest BCUT2D eigenvalue weighted by atomic mass is 10.2. The number of halogens is 1. The number of hydrogen-bond donors (Lipinski definition) is 2. The normalized spacial score (nSPS) is 11.0. The number of carbonyl (C=O) groups excluding carboxylic acids is 2. The number of amides is 2. The number of sulfone groups is 1. The molecule has 0 spiro atoms. The molecule has 0 saturated heterocycles. The van der Waals surface area contributed by atoms with Crippen LogP contribution in [0, 0.1) is 0 Å². The lowest BCUT2D eigenvalue weighted by Crippen LogP contribution is -2.13. The van der Waals surface area contributed by atoms with E-state index < -0.39 is 15.7 Å². The molecular weight excluding hydrogens is 352 g/mol. The van der Waals surface area contributed by atoms with Gasteiger partial charge in [-0.15, -0.1) is 0 Å². The van der Waals surface area contributed by atoms with Gasteiger partial charge in [-0.3, -0.25) is 9.59 Å². The first-order valence-corrected chi connectivity index (χ1v) is 9.12. The molecule has 6 nitrogen and oxygen atoms in total. The summed E-state index contributed by atoms with van der Waals surface area (Å²) < 4.78 is 23.1. The highest BCUT2D eigenvalue weighted by atomic mass is 35.5. The second kappa shape index (κ2) is 7.02. The predicted octanol–water partition coefficient (Wildman–Crippen LogP) is 2.95. The summed E-state index contributed by atoms with van der Waals surface area (Å²) in [6.07, 6.45) is 1.07. The quantitative estimate of drug-likeness (QED) is 0.870. The molecule has 0 aromatic heterocycles. The SMILES string of the molecule is CC(=O)Nc1ccc(NC(=O)c2cccc(S(C)(=O)=O)c2)c(Cl)c1. The van der Waals surface area contributed by atoms with Crippen LogP contribution in [0.15, 0.2) is 47.4 Å². The monoisotopic (exact) mass is 366 g/mol. The van der Waals surface area contributed by atoms with E-state index in [1.165, 1.54) is 37.3 Å². The van der Waals surface area contributed by atoms with Crippen molar-refractivity contribution < 1.29 is 18.0 Å². The van der Waals surface area contributed by atoms with Gasteiger partial charge in [0, 0.05) is 24.4 Å². The van der Waals surface area contributed by atoms with Gasteiger partial charge in [0.25, 0.3) is 5.91 Å². The van der Waals surface area contributed by atoms with Gasteiger partial charge in [0.2, 0.25) is 5.91 Å². The molecule has 2 rings (SSSR count). The van der Waals surface area contributed by atoms with Crippen LogP contribution in [0.1, 0.15) is 17.3 Å². The van der Waals surface area contributed by atoms with Crippen LogP contribution in [0.5, 0.6) is 0 Å². The van der Waals surface area contributed by atoms with Crippen molar-refractivity contribution in [2.24, 2.45) is 0 Å². The van der Waals surface area contributed by atoms with E-state index in [9.17, 15) is 18.0 Å². The fourth-order valence-electron chi connectivity index (χ4n) is 1.96. The summed E-state index contributed by atoms with van der Waals surface area (Å²) in [5, 5.41) is 5.43. The molecule has 0 aliphatic carbocycles. The second-order valence-electron chi connectivity index (χ2n) is 5.13. The fourth-order valence-corrected chi connectivity index (χ4v) is 2.85. The van der Waals surface area contributed by atoms with Gasteiger partial charge in [-0.05, 0) is 36.4 Å². The van der Waals surface area contributed by atoms with Crippen LogP contribution in [-0.2, 0) is 14.6 Å². The van der Waals surface area contributed by atoms with E-state index in [-0.39, 0.29) is 21.4 Å². The van der Waals surface area contributed by atoms with Gasteiger partial charge in [0.1, 0.15) is 0 Å². The van der Waals surface area contributed by atoms with Crippen molar-refractivity contribution in [1.82, 2.24) is 0 Å². The summed E-state index contributed by atoms with van der Waals surface area (Å²) in [5.74, 6) is -0.727. The number of carbonyl (C=O) groups is 2. The molecule has 0 aliphatic heterocycles. The van der Waals surface area contributed by atoms with Gasteiger partial charge in [-0.25, -0.2) is 8.42 Å². The maximum Gasteiger partial charge on any atom is 0.255 e. The summed E-state index contributed by atoms with van der Waals surface area (Å²) in [4.78, 5) is 23.3. The van der Waals surface area contributed by atoms with Crippen LogP contribution < -0.4 is 10.6 Å². The Kier molecular flexibility index (Phi) is 5.26. The summed E-state index contributed by atoms with van der Waals surface area (Å²) in [6.45, 7) is 1.37. The molecule has 126 valence electrons. The largest absolute Gasteiger partial charge is 0.326 e. The molecule has 2 aromatic rings. The van der Waals surface area contributed by atoms with Crippen LogP contribution >= 0.6 is 11.6 Å². The first-order valence-electron chi connectivity index (χ1n) is 6.85. The van der Waals surface area contributed by atoms with Crippen molar-refractivity contribution in [3.63, 3.8) is 0 Å². The molecule has 0 radical (unpaired) electrons. The van der Waals surface area contributed by atoms with Crippen LogP contribution in [0.25, 0.3) is 0 Å². The van der Waals surface area contributed by atoms with E-state index in [1.807, 2.05) is 0 Å². The lowest BCUT2D eigenvalue weighted by Gasteiger charge is -2.10. The molecule has 2 aromatic carbocycles. The van der Waals surface area contributed by atoms with E-state index in [1.54, 1.807) is 12.1 Å².